The number of nitrogens with zero attached hydrogens (tertiary/aromatic N) is 1. The van der Waals surface area contributed by atoms with Crippen LogP contribution in [0.4, 0.5) is 0 Å². The van der Waals surface area contributed by atoms with Gasteiger partial charge in [-0.3, -0.25) is 4.57 Å². The molecule has 0 aliphatic heterocycles. The third kappa shape index (κ3) is 4.43. The molecule has 1 fully saturated rings. The second-order valence-electron chi connectivity index (χ2n) is 4.44. The summed E-state index contributed by atoms with van der Waals surface area (Å²) in [5, 5.41) is 8.77. The van der Waals surface area contributed by atoms with Gasteiger partial charge in [0, 0.05) is 6.42 Å². The zero-order valence-corrected chi connectivity index (χ0v) is 11.6. The molecule has 0 amide bonds. The van der Waals surface area contributed by atoms with Gasteiger partial charge in [0.2, 0.25) is 0 Å². The standard InChI is InChI=1S/C12H22NO3P/c1-3-15-17(14,16-4-2)10-12-7-5-6-11(12)8-9-13/h11-12H,3-8,10H2,1-2H3. The predicted molar refractivity (Wildman–Crippen MR) is 66.8 cm³/mol. The molecule has 4 nitrogen and oxygen atoms in total. The van der Waals surface area contributed by atoms with Gasteiger partial charge in [0.1, 0.15) is 0 Å². The second kappa shape index (κ2) is 7.16. The van der Waals surface area contributed by atoms with Crippen molar-refractivity contribution in [3.8, 4) is 6.07 Å². The van der Waals surface area contributed by atoms with Gasteiger partial charge in [-0.15, -0.1) is 0 Å². The highest BCUT2D eigenvalue weighted by Gasteiger charge is 2.35. The van der Waals surface area contributed by atoms with Crippen molar-refractivity contribution in [3.63, 3.8) is 0 Å². The Labute approximate surface area is 104 Å². The van der Waals surface area contributed by atoms with Crippen molar-refractivity contribution in [3.05, 3.63) is 0 Å². The summed E-state index contributed by atoms with van der Waals surface area (Å²) in [5.41, 5.74) is 0. The fourth-order valence-corrected chi connectivity index (χ4v) is 4.69. The maximum absolute atomic E-state index is 12.4. The van der Waals surface area contributed by atoms with Crippen LogP contribution in [0, 0.1) is 23.2 Å². The summed E-state index contributed by atoms with van der Waals surface area (Å²) in [7, 11) is -2.94. The first-order valence-corrected chi connectivity index (χ1v) is 8.13. The topological polar surface area (TPSA) is 59.3 Å². The molecule has 2 atom stereocenters. The van der Waals surface area contributed by atoms with Crippen LogP contribution >= 0.6 is 7.60 Å². The molecule has 0 bridgehead atoms. The van der Waals surface area contributed by atoms with Gasteiger partial charge in [0.25, 0.3) is 0 Å². The van der Waals surface area contributed by atoms with Gasteiger partial charge < -0.3 is 9.05 Å². The van der Waals surface area contributed by atoms with Crippen molar-refractivity contribution in [1.29, 1.82) is 5.26 Å². The molecule has 1 aliphatic rings. The molecule has 17 heavy (non-hydrogen) atoms. The van der Waals surface area contributed by atoms with E-state index >= 15 is 0 Å². The summed E-state index contributed by atoms with van der Waals surface area (Å²) in [6.45, 7) is 4.47. The quantitative estimate of drug-likeness (QED) is 0.655. The van der Waals surface area contributed by atoms with Gasteiger partial charge >= 0.3 is 7.60 Å². The highest BCUT2D eigenvalue weighted by atomic mass is 31.2. The van der Waals surface area contributed by atoms with Crippen LogP contribution in [-0.4, -0.2) is 19.4 Å². The van der Waals surface area contributed by atoms with E-state index < -0.39 is 7.60 Å². The average Bonchev–Trinajstić information content (AvgIpc) is 2.66. The summed E-state index contributed by atoms with van der Waals surface area (Å²) in [6, 6.07) is 2.22. The van der Waals surface area contributed by atoms with Crippen LogP contribution in [0.1, 0.15) is 39.5 Å². The maximum atomic E-state index is 12.4. The van der Waals surface area contributed by atoms with Crippen LogP contribution in [0.5, 0.6) is 0 Å². The summed E-state index contributed by atoms with van der Waals surface area (Å²) in [5.74, 6) is 0.688. The molecule has 0 aromatic rings. The Kier molecular flexibility index (Phi) is 6.19. The lowest BCUT2D eigenvalue weighted by Crippen LogP contribution is -2.14. The first kappa shape index (κ1) is 14.7. The number of hydrogen-bond acceptors (Lipinski definition) is 4. The third-order valence-electron chi connectivity index (χ3n) is 3.28. The van der Waals surface area contributed by atoms with Crippen LogP contribution in [0.25, 0.3) is 0 Å². The zero-order chi connectivity index (χ0) is 12.7. The van der Waals surface area contributed by atoms with E-state index in [0.29, 0.717) is 37.6 Å². The van der Waals surface area contributed by atoms with Crippen molar-refractivity contribution in [1.82, 2.24) is 0 Å². The molecule has 1 saturated carbocycles. The molecule has 1 aliphatic carbocycles. The monoisotopic (exact) mass is 259 g/mol. The van der Waals surface area contributed by atoms with E-state index in [9.17, 15) is 4.57 Å². The minimum atomic E-state index is -2.94. The minimum Gasteiger partial charge on any atom is -0.309 e. The summed E-state index contributed by atoms with van der Waals surface area (Å²) in [6.07, 6.45) is 4.26. The van der Waals surface area contributed by atoms with Crippen molar-refractivity contribution in [2.45, 2.75) is 39.5 Å². The molecule has 5 heteroatoms. The van der Waals surface area contributed by atoms with E-state index in [-0.39, 0.29) is 0 Å². The highest BCUT2D eigenvalue weighted by molar-refractivity contribution is 7.53. The van der Waals surface area contributed by atoms with Crippen LogP contribution in [0.3, 0.4) is 0 Å². The van der Waals surface area contributed by atoms with E-state index in [1.165, 1.54) is 0 Å². The smallest absolute Gasteiger partial charge is 0.309 e. The zero-order valence-electron chi connectivity index (χ0n) is 10.7. The first-order chi connectivity index (χ1) is 8.15. The summed E-state index contributed by atoms with van der Waals surface area (Å²) < 4.78 is 23.0. The third-order valence-corrected chi connectivity index (χ3v) is 5.50. The Hall–Kier alpha value is -0.360. The molecule has 1 rings (SSSR count). The van der Waals surface area contributed by atoms with Gasteiger partial charge in [0.15, 0.2) is 0 Å². The Morgan fingerprint density at radius 3 is 2.35 bits per heavy atom. The molecular formula is C12H22NO3P. The second-order valence-corrected chi connectivity index (χ2v) is 6.55. The van der Waals surface area contributed by atoms with Crippen LogP contribution in [-0.2, 0) is 13.6 Å². The van der Waals surface area contributed by atoms with Crippen molar-refractivity contribution >= 4 is 7.60 Å². The highest BCUT2D eigenvalue weighted by Crippen LogP contribution is 2.53. The lowest BCUT2D eigenvalue weighted by Gasteiger charge is -2.23. The normalized spacial score (nSPS) is 24.8. The number of rotatable bonds is 7. The van der Waals surface area contributed by atoms with E-state index in [2.05, 4.69) is 6.07 Å². The summed E-state index contributed by atoms with van der Waals surface area (Å²) >= 11 is 0. The largest absolute Gasteiger partial charge is 0.330 e. The van der Waals surface area contributed by atoms with E-state index in [1.807, 2.05) is 13.8 Å². The van der Waals surface area contributed by atoms with Crippen LogP contribution < -0.4 is 0 Å². The van der Waals surface area contributed by atoms with E-state index in [4.69, 9.17) is 14.3 Å². The van der Waals surface area contributed by atoms with E-state index in [0.717, 1.165) is 19.3 Å². The summed E-state index contributed by atoms with van der Waals surface area (Å²) in [4.78, 5) is 0. The predicted octanol–water partition coefficient (Wildman–Crippen LogP) is 3.58. The molecule has 0 saturated heterocycles. The molecular weight excluding hydrogens is 237 g/mol. The number of nitriles is 1. The Morgan fingerprint density at radius 1 is 1.24 bits per heavy atom. The van der Waals surface area contributed by atoms with Crippen molar-refractivity contribution in [2.75, 3.05) is 19.4 Å². The molecule has 0 spiro atoms. The molecule has 0 aromatic carbocycles. The van der Waals surface area contributed by atoms with Crippen LogP contribution in [0.15, 0.2) is 0 Å². The van der Waals surface area contributed by atoms with Crippen molar-refractivity contribution < 1.29 is 13.6 Å². The fourth-order valence-electron chi connectivity index (χ4n) is 2.56. The Morgan fingerprint density at radius 2 is 1.82 bits per heavy atom. The minimum absolute atomic E-state index is 0.318. The van der Waals surface area contributed by atoms with E-state index in [1.54, 1.807) is 0 Å². The molecule has 0 N–H and O–H groups in total. The van der Waals surface area contributed by atoms with Crippen molar-refractivity contribution in [2.24, 2.45) is 11.8 Å². The van der Waals surface area contributed by atoms with Gasteiger partial charge in [-0.2, -0.15) is 5.26 Å². The lowest BCUT2D eigenvalue weighted by atomic mass is 9.95. The maximum Gasteiger partial charge on any atom is 0.330 e. The Bertz CT molecular complexity index is 303. The van der Waals surface area contributed by atoms with Gasteiger partial charge in [-0.05, 0) is 38.5 Å². The Balaban J connectivity index is 2.60. The fraction of sp³-hybridized carbons (Fsp3) is 0.917. The molecule has 0 radical (unpaired) electrons. The van der Waals surface area contributed by atoms with Gasteiger partial charge in [0.05, 0.1) is 25.4 Å². The molecule has 98 valence electrons. The first-order valence-electron chi connectivity index (χ1n) is 6.40. The molecule has 0 heterocycles. The van der Waals surface area contributed by atoms with Gasteiger partial charge in [-0.25, -0.2) is 0 Å². The molecule has 0 aromatic heterocycles. The molecule has 2 unspecified atom stereocenters. The van der Waals surface area contributed by atoms with Crippen LogP contribution in [0.2, 0.25) is 0 Å². The average molecular weight is 259 g/mol. The number of hydrogen-bond donors (Lipinski definition) is 0. The lowest BCUT2D eigenvalue weighted by molar-refractivity contribution is 0.212. The van der Waals surface area contributed by atoms with Gasteiger partial charge in [-0.1, -0.05) is 6.42 Å². The SMILES string of the molecule is CCOP(=O)(CC1CCCC1CC#N)OCC.